The fourth-order valence-electron chi connectivity index (χ4n) is 5.68. The van der Waals surface area contributed by atoms with Crippen molar-refractivity contribution in [1.82, 2.24) is 15.3 Å². The van der Waals surface area contributed by atoms with Gasteiger partial charge in [0.15, 0.2) is 11.9 Å². The smallest absolute Gasteiger partial charge is 0.303 e. The highest BCUT2D eigenvalue weighted by Crippen LogP contribution is 2.43. The van der Waals surface area contributed by atoms with Crippen LogP contribution >= 0.6 is 11.6 Å². The van der Waals surface area contributed by atoms with Crippen molar-refractivity contribution in [1.29, 1.82) is 0 Å². The Bertz CT molecular complexity index is 1920. The Morgan fingerprint density at radius 3 is 2.69 bits per heavy atom. The van der Waals surface area contributed by atoms with Crippen LogP contribution in [0.1, 0.15) is 43.9 Å². The van der Waals surface area contributed by atoms with Gasteiger partial charge in [0, 0.05) is 35.1 Å². The van der Waals surface area contributed by atoms with Crippen molar-refractivity contribution in [2.75, 3.05) is 29.7 Å². The molecule has 4 aromatic rings. The Balaban J connectivity index is 1.35. The zero-order chi connectivity index (χ0) is 31.9. The molecule has 0 aliphatic carbocycles. The molecule has 0 spiro atoms. The van der Waals surface area contributed by atoms with Crippen LogP contribution in [0, 0.1) is 11.6 Å². The molecule has 0 bridgehead atoms. The Hall–Kier alpha value is -4.07. The van der Waals surface area contributed by atoms with Crippen molar-refractivity contribution in [3.8, 4) is 16.9 Å². The summed E-state index contributed by atoms with van der Waals surface area (Å²) in [5.41, 5.74) is 0.980. The van der Waals surface area contributed by atoms with E-state index in [0.29, 0.717) is 23.3 Å². The minimum Gasteiger partial charge on any atom is -0.487 e. The van der Waals surface area contributed by atoms with Crippen LogP contribution in [-0.4, -0.2) is 50.1 Å². The lowest BCUT2D eigenvalue weighted by Gasteiger charge is -2.23. The van der Waals surface area contributed by atoms with Crippen molar-refractivity contribution in [2.24, 2.45) is 0 Å². The summed E-state index contributed by atoms with van der Waals surface area (Å²) in [7, 11) is -4.51. The predicted octanol–water partition coefficient (Wildman–Crippen LogP) is 5.75. The van der Waals surface area contributed by atoms with Crippen LogP contribution < -0.4 is 20.1 Å². The van der Waals surface area contributed by atoms with Crippen LogP contribution in [0.15, 0.2) is 47.5 Å². The maximum absolute atomic E-state index is 16.1. The Kier molecular flexibility index (Phi) is 8.51. The second-order valence-electron chi connectivity index (χ2n) is 10.9. The Morgan fingerprint density at radius 2 is 1.96 bits per heavy atom. The van der Waals surface area contributed by atoms with Crippen molar-refractivity contribution in [3.05, 3.63) is 70.4 Å². The zero-order valence-corrected chi connectivity index (χ0v) is 26.0. The molecule has 10 nitrogen and oxygen atoms in total. The SMILES string of the molecule is CCc1cc(-c2c(F)ccc(NS(=O)(=O)c3cc(Cl)cc4c3OC[C@@H]4OC(C)=O)c2F)cc2cnc(NC3CCNCC3)nc12. The molecule has 1 aromatic heterocycles. The van der Waals surface area contributed by atoms with Gasteiger partial charge in [-0.15, -0.1) is 0 Å². The number of halogens is 3. The molecule has 1 fully saturated rings. The molecular formula is C31H30ClF2N5O5S. The number of esters is 1. The van der Waals surface area contributed by atoms with E-state index in [1.54, 1.807) is 18.3 Å². The number of ether oxygens (including phenoxy) is 2. The molecule has 6 rings (SSSR count). The molecule has 3 aromatic carbocycles. The monoisotopic (exact) mass is 657 g/mol. The fraction of sp³-hybridized carbons (Fsp3) is 0.323. The molecule has 2 aliphatic rings. The molecule has 0 unspecified atom stereocenters. The first-order valence-corrected chi connectivity index (χ1v) is 16.3. The Morgan fingerprint density at radius 1 is 1.18 bits per heavy atom. The number of carbonyl (C=O) groups is 1. The van der Waals surface area contributed by atoms with Crippen molar-refractivity contribution < 1.29 is 31.5 Å². The van der Waals surface area contributed by atoms with Gasteiger partial charge in [-0.05, 0) is 79.9 Å². The van der Waals surface area contributed by atoms with Crippen LogP contribution in [0.2, 0.25) is 5.02 Å². The van der Waals surface area contributed by atoms with E-state index in [0.717, 1.165) is 49.7 Å². The lowest BCUT2D eigenvalue weighted by atomic mass is 9.97. The molecule has 3 heterocycles. The molecule has 1 saturated heterocycles. The number of carbonyl (C=O) groups excluding carboxylic acids is 1. The van der Waals surface area contributed by atoms with Crippen molar-refractivity contribution in [3.63, 3.8) is 0 Å². The highest BCUT2D eigenvalue weighted by Gasteiger charge is 2.34. The van der Waals surface area contributed by atoms with E-state index in [9.17, 15) is 13.2 Å². The summed E-state index contributed by atoms with van der Waals surface area (Å²) in [5.74, 6) is -2.15. The van der Waals surface area contributed by atoms with Gasteiger partial charge >= 0.3 is 5.97 Å². The summed E-state index contributed by atoms with van der Waals surface area (Å²) in [6, 6.07) is 8.05. The number of nitrogens with zero attached hydrogens (tertiary/aromatic N) is 2. The third-order valence-corrected chi connectivity index (χ3v) is 9.40. The first kappa shape index (κ1) is 30.9. The predicted molar refractivity (Wildman–Crippen MR) is 166 cm³/mol. The highest BCUT2D eigenvalue weighted by atomic mass is 35.5. The van der Waals surface area contributed by atoms with Gasteiger partial charge in [-0.1, -0.05) is 18.5 Å². The summed E-state index contributed by atoms with van der Waals surface area (Å²) in [6.07, 6.45) is 3.17. The van der Waals surface area contributed by atoms with Gasteiger partial charge < -0.3 is 20.1 Å². The summed E-state index contributed by atoms with van der Waals surface area (Å²) < 4.78 is 71.4. The second-order valence-corrected chi connectivity index (χ2v) is 13.0. The van der Waals surface area contributed by atoms with Crippen LogP contribution in [0.25, 0.3) is 22.0 Å². The maximum atomic E-state index is 16.1. The van der Waals surface area contributed by atoms with Gasteiger partial charge in [0.1, 0.15) is 23.1 Å². The minimum atomic E-state index is -4.51. The molecule has 236 valence electrons. The number of aromatic nitrogens is 2. The molecule has 3 N–H and O–H groups in total. The van der Waals surface area contributed by atoms with Crippen LogP contribution in [-0.2, 0) is 26.0 Å². The number of rotatable bonds is 8. The van der Waals surface area contributed by atoms with Gasteiger partial charge in [0.25, 0.3) is 10.0 Å². The highest BCUT2D eigenvalue weighted by molar-refractivity contribution is 7.92. The molecule has 14 heteroatoms. The average molecular weight is 658 g/mol. The van der Waals surface area contributed by atoms with Gasteiger partial charge in [-0.3, -0.25) is 9.52 Å². The first-order chi connectivity index (χ1) is 21.5. The fourth-order valence-corrected chi connectivity index (χ4v) is 7.23. The number of piperidine rings is 1. The molecule has 1 atom stereocenters. The van der Waals surface area contributed by atoms with Gasteiger partial charge in [0.2, 0.25) is 5.95 Å². The van der Waals surface area contributed by atoms with E-state index in [4.69, 9.17) is 26.1 Å². The van der Waals surface area contributed by atoms with Crippen LogP contribution in [0.3, 0.4) is 0 Å². The zero-order valence-electron chi connectivity index (χ0n) is 24.4. The van der Waals surface area contributed by atoms with E-state index in [2.05, 4.69) is 20.3 Å². The van der Waals surface area contributed by atoms with E-state index in [-0.39, 0.29) is 39.4 Å². The molecule has 0 saturated carbocycles. The normalized spacial score (nSPS) is 16.7. The quantitative estimate of drug-likeness (QED) is 0.203. The standard InChI is InChI=1S/C31H30ClF2N5O5S/c1-3-17-10-18(11-19-14-36-31(38-29(17)19)37-21-6-8-35-9-7-21)27-23(33)4-5-24(28(27)34)39-45(41,42)26-13-20(32)12-22-25(44-16(2)40)15-43-30(22)26/h4-5,10-14,21,25,35,39H,3,6-9,15H2,1-2H3,(H,36,37,38)/t25-/m0/s1. The maximum Gasteiger partial charge on any atom is 0.303 e. The van der Waals surface area contributed by atoms with Gasteiger partial charge in [-0.25, -0.2) is 27.2 Å². The van der Waals surface area contributed by atoms with Crippen LogP contribution in [0.5, 0.6) is 5.75 Å². The van der Waals surface area contributed by atoms with Crippen LogP contribution in [0.4, 0.5) is 20.4 Å². The number of nitrogens with one attached hydrogen (secondary N) is 3. The third kappa shape index (κ3) is 6.24. The van der Waals surface area contributed by atoms with Crippen molar-refractivity contribution >= 4 is 50.1 Å². The minimum absolute atomic E-state index is 0.0385. The number of hydrogen-bond donors (Lipinski definition) is 3. The second kappa shape index (κ2) is 12.4. The number of benzene rings is 3. The van der Waals surface area contributed by atoms with E-state index in [1.807, 2.05) is 6.92 Å². The topological polar surface area (TPSA) is 132 Å². The first-order valence-electron chi connectivity index (χ1n) is 14.5. The van der Waals surface area contributed by atoms with E-state index >= 15 is 8.78 Å². The van der Waals surface area contributed by atoms with Crippen molar-refractivity contribution in [2.45, 2.75) is 50.2 Å². The molecule has 0 amide bonds. The number of sulfonamides is 1. The third-order valence-electron chi connectivity index (χ3n) is 7.81. The molecule has 45 heavy (non-hydrogen) atoms. The summed E-state index contributed by atoms with van der Waals surface area (Å²) in [5, 5.41) is 7.31. The molecule has 0 radical (unpaired) electrons. The number of anilines is 2. The molecule has 2 aliphatic heterocycles. The van der Waals surface area contributed by atoms with E-state index in [1.165, 1.54) is 13.0 Å². The van der Waals surface area contributed by atoms with Gasteiger partial charge in [0.05, 0.1) is 16.8 Å². The number of aryl methyl sites for hydroxylation is 1. The largest absolute Gasteiger partial charge is 0.487 e. The lowest BCUT2D eigenvalue weighted by molar-refractivity contribution is -0.147. The number of hydrogen-bond acceptors (Lipinski definition) is 9. The van der Waals surface area contributed by atoms with E-state index < -0.39 is 45.0 Å². The summed E-state index contributed by atoms with van der Waals surface area (Å²) >= 11 is 6.20. The summed E-state index contributed by atoms with van der Waals surface area (Å²) in [4.78, 5) is 20.3. The average Bonchev–Trinajstić information content (AvgIpc) is 3.39. The summed E-state index contributed by atoms with van der Waals surface area (Å²) in [6.45, 7) is 4.83. The Labute approximate surface area is 263 Å². The lowest BCUT2D eigenvalue weighted by Crippen LogP contribution is -2.35. The number of fused-ring (bicyclic) bond motifs is 2. The molecular weight excluding hydrogens is 628 g/mol. The van der Waals surface area contributed by atoms with Gasteiger partial charge in [-0.2, -0.15) is 0 Å².